The van der Waals surface area contributed by atoms with Crippen molar-refractivity contribution in [3.8, 4) is 0 Å². The van der Waals surface area contributed by atoms with Gasteiger partial charge in [0.1, 0.15) is 5.82 Å². The molecule has 2 rings (SSSR count). The van der Waals surface area contributed by atoms with Gasteiger partial charge in [-0.3, -0.25) is 9.59 Å². The van der Waals surface area contributed by atoms with Crippen molar-refractivity contribution in [3.05, 3.63) is 35.6 Å². The molecule has 0 aliphatic carbocycles. The minimum Gasteiger partial charge on any atom is -0.355 e. The van der Waals surface area contributed by atoms with E-state index in [9.17, 15) is 14.0 Å². The van der Waals surface area contributed by atoms with Crippen LogP contribution in [0.5, 0.6) is 0 Å². The molecule has 0 bridgehead atoms. The van der Waals surface area contributed by atoms with Crippen LogP contribution in [0.2, 0.25) is 0 Å². The first-order valence-electron chi connectivity index (χ1n) is 7.91. The summed E-state index contributed by atoms with van der Waals surface area (Å²) in [5, 5.41) is 2.86. The minimum atomic E-state index is -0.301. The van der Waals surface area contributed by atoms with E-state index >= 15 is 0 Å². The number of likely N-dealkylation sites (tertiary alicyclic amines) is 1. The average molecular weight is 321 g/mol. The van der Waals surface area contributed by atoms with E-state index in [0.717, 1.165) is 6.54 Å². The zero-order valence-corrected chi connectivity index (χ0v) is 13.7. The predicted octanol–water partition coefficient (Wildman–Crippen LogP) is 0.895. The molecule has 1 aliphatic rings. The van der Waals surface area contributed by atoms with Gasteiger partial charge in [0.25, 0.3) is 0 Å². The Morgan fingerprint density at radius 3 is 2.83 bits per heavy atom. The molecule has 0 saturated carbocycles. The third-order valence-corrected chi connectivity index (χ3v) is 4.05. The molecule has 5 nitrogen and oxygen atoms in total. The van der Waals surface area contributed by atoms with E-state index in [4.69, 9.17) is 0 Å². The monoisotopic (exact) mass is 321 g/mol. The lowest BCUT2D eigenvalue weighted by atomic mass is 10.1. The van der Waals surface area contributed by atoms with Crippen molar-refractivity contribution in [1.82, 2.24) is 15.1 Å². The predicted molar refractivity (Wildman–Crippen MR) is 86.4 cm³/mol. The number of likely N-dealkylation sites (N-methyl/N-ethyl adjacent to an activating group) is 1. The first-order chi connectivity index (χ1) is 11.0. The Labute approximate surface area is 136 Å². The van der Waals surface area contributed by atoms with Gasteiger partial charge in [-0.25, -0.2) is 4.39 Å². The number of amides is 2. The van der Waals surface area contributed by atoms with E-state index in [0.29, 0.717) is 31.6 Å². The van der Waals surface area contributed by atoms with Gasteiger partial charge in [-0.15, -0.1) is 0 Å². The van der Waals surface area contributed by atoms with E-state index in [1.54, 1.807) is 23.1 Å². The van der Waals surface area contributed by atoms with Gasteiger partial charge in [0.2, 0.25) is 11.8 Å². The van der Waals surface area contributed by atoms with Crippen molar-refractivity contribution in [3.63, 3.8) is 0 Å². The van der Waals surface area contributed by atoms with Gasteiger partial charge >= 0.3 is 0 Å². The molecule has 1 saturated heterocycles. The van der Waals surface area contributed by atoms with E-state index in [1.807, 2.05) is 19.0 Å². The smallest absolute Gasteiger partial charge is 0.225 e. The lowest BCUT2D eigenvalue weighted by molar-refractivity contribution is -0.129. The number of nitrogens with one attached hydrogen (secondary N) is 1. The summed E-state index contributed by atoms with van der Waals surface area (Å²) < 4.78 is 13.6. The molecule has 1 aromatic carbocycles. The molecule has 1 aliphatic heterocycles. The highest BCUT2D eigenvalue weighted by atomic mass is 19.1. The van der Waals surface area contributed by atoms with Crippen LogP contribution in [0.25, 0.3) is 0 Å². The van der Waals surface area contributed by atoms with Crippen LogP contribution >= 0.6 is 0 Å². The number of hydrogen-bond acceptors (Lipinski definition) is 3. The first kappa shape index (κ1) is 17.4. The van der Waals surface area contributed by atoms with Gasteiger partial charge in [-0.05, 0) is 32.1 Å². The lowest BCUT2D eigenvalue weighted by Gasteiger charge is -2.17. The maximum absolute atomic E-state index is 13.6. The summed E-state index contributed by atoms with van der Waals surface area (Å²) >= 11 is 0. The van der Waals surface area contributed by atoms with E-state index in [2.05, 4.69) is 5.32 Å². The second-order valence-electron chi connectivity index (χ2n) is 6.18. The van der Waals surface area contributed by atoms with Crippen molar-refractivity contribution >= 4 is 11.8 Å². The quantitative estimate of drug-likeness (QED) is 0.812. The summed E-state index contributed by atoms with van der Waals surface area (Å²) in [5.41, 5.74) is 0.596. The van der Waals surface area contributed by atoms with Crippen molar-refractivity contribution < 1.29 is 14.0 Å². The molecule has 1 atom stereocenters. The molecule has 23 heavy (non-hydrogen) atoms. The number of rotatable bonds is 7. The summed E-state index contributed by atoms with van der Waals surface area (Å²) in [4.78, 5) is 27.7. The molecule has 1 N–H and O–H groups in total. The fourth-order valence-corrected chi connectivity index (χ4v) is 2.67. The fourth-order valence-electron chi connectivity index (χ4n) is 2.67. The Balaban J connectivity index is 1.80. The molecule has 1 heterocycles. The van der Waals surface area contributed by atoms with Gasteiger partial charge in [-0.2, -0.15) is 0 Å². The van der Waals surface area contributed by atoms with Crippen molar-refractivity contribution in [2.45, 2.75) is 12.8 Å². The molecule has 1 fully saturated rings. The number of halogens is 1. The maximum atomic E-state index is 13.6. The summed E-state index contributed by atoms with van der Waals surface area (Å²) in [6.07, 6.45) is 0.707. The van der Waals surface area contributed by atoms with Gasteiger partial charge < -0.3 is 15.1 Å². The SMILES string of the molecule is CN(C)CCNC(=O)C1CC(=O)N(CCc2ccccc2F)C1. The van der Waals surface area contributed by atoms with Crippen LogP contribution in [0.4, 0.5) is 4.39 Å². The van der Waals surface area contributed by atoms with Gasteiger partial charge in [-0.1, -0.05) is 18.2 Å². The van der Waals surface area contributed by atoms with Crippen LogP contribution < -0.4 is 5.32 Å². The van der Waals surface area contributed by atoms with Crippen molar-refractivity contribution in [1.29, 1.82) is 0 Å². The zero-order chi connectivity index (χ0) is 16.8. The summed E-state index contributed by atoms with van der Waals surface area (Å²) in [7, 11) is 3.88. The molecule has 2 amide bonds. The van der Waals surface area contributed by atoms with Crippen LogP contribution in [-0.2, 0) is 16.0 Å². The standard InChI is InChI=1S/C17H24FN3O2/c1-20(2)10-8-19-17(23)14-11-16(22)21(12-14)9-7-13-5-3-4-6-15(13)18/h3-6,14H,7-12H2,1-2H3,(H,19,23). The average Bonchev–Trinajstić information content (AvgIpc) is 2.87. The highest BCUT2D eigenvalue weighted by Crippen LogP contribution is 2.19. The highest BCUT2D eigenvalue weighted by Gasteiger charge is 2.33. The topological polar surface area (TPSA) is 52.7 Å². The first-order valence-corrected chi connectivity index (χ1v) is 7.91. The fraction of sp³-hybridized carbons (Fsp3) is 0.529. The lowest BCUT2D eigenvalue weighted by Crippen LogP contribution is -2.37. The molecule has 0 aromatic heterocycles. The molecule has 0 radical (unpaired) electrons. The van der Waals surface area contributed by atoms with Crippen LogP contribution in [-0.4, -0.2) is 61.9 Å². The third-order valence-electron chi connectivity index (χ3n) is 4.05. The Kier molecular flexibility index (Phi) is 6.10. The van der Waals surface area contributed by atoms with Crippen LogP contribution in [0.3, 0.4) is 0 Å². The Morgan fingerprint density at radius 1 is 1.39 bits per heavy atom. The second-order valence-corrected chi connectivity index (χ2v) is 6.18. The van der Waals surface area contributed by atoms with Crippen LogP contribution in [0.15, 0.2) is 24.3 Å². The largest absolute Gasteiger partial charge is 0.355 e. The van der Waals surface area contributed by atoms with E-state index in [-0.39, 0.29) is 30.0 Å². The van der Waals surface area contributed by atoms with Crippen LogP contribution in [0.1, 0.15) is 12.0 Å². The van der Waals surface area contributed by atoms with Gasteiger partial charge in [0.15, 0.2) is 0 Å². The van der Waals surface area contributed by atoms with Gasteiger partial charge in [0.05, 0.1) is 5.92 Å². The van der Waals surface area contributed by atoms with Crippen molar-refractivity contribution in [2.75, 3.05) is 40.3 Å². The second kappa shape index (κ2) is 8.06. The maximum Gasteiger partial charge on any atom is 0.225 e. The number of carbonyl (C=O) groups is 2. The highest BCUT2D eigenvalue weighted by molar-refractivity contribution is 5.89. The van der Waals surface area contributed by atoms with Crippen LogP contribution in [0, 0.1) is 11.7 Å². The molecule has 0 spiro atoms. The molecular formula is C17H24FN3O2. The number of nitrogens with zero attached hydrogens (tertiary/aromatic N) is 2. The molecular weight excluding hydrogens is 297 g/mol. The Morgan fingerprint density at radius 2 is 2.13 bits per heavy atom. The van der Waals surface area contributed by atoms with Crippen molar-refractivity contribution in [2.24, 2.45) is 5.92 Å². The summed E-state index contributed by atoms with van der Waals surface area (Å²) in [6.45, 7) is 2.21. The molecule has 1 aromatic rings. The van der Waals surface area contributed by atoms with Gasteiger partial charge in [0, 0.05) is 32.6 Å². The Bertz CT molecular complexity index is 563. The normalized spacial score (nSPS) is 17.8. The molecule has 126 valence electrons. The Hall–Kier alpha value is -1.95. The summed E-state index contributed by atoms with van der Waals surface area (Å²) in [6, 6.07) is 6.57. The number of benzene rings is 1. The number of hydrogen-bond donors (Lipinski definition) is 1. The molecule has 6 heteroatoms. The minimum absolute atomic E-state index is 0.0332. The molecule has 1 unspecified atom stereocenters. The zero-order valence-electron chi connectivity index (χ0n) is 13.7. The summed E-state index contributed by atoms with van der Waals surface area (Å²) in [5.74, 6) is -0.662. The third kappa shape index (κ3) is 5.03. The van der Waals surface area contributed by atoms with E-state index < -0.39 is 0 Å². The van der Waals surface area contributed by atoms with E-state index in [1.165, 1.54) is 6.07 Å². The number of carbonyl (C=O) groups excluding carboxylic acids is 2.